The summed E-state index contributed by atoms with van der Waals surface area (Å²) in [7, 11) is -1.78. The Bertz CT molecular complexity index is 1370. The van der Waals surface area contributed by atoms with Crippen LogP contribution in [-0.2, 0) is 0 Å². The number of rotatable bonds is 3. The zero-order chi connectivity index (χ0) is 21.7. The van der Waals surface area contributed by atoms with Gasteiger partial charge in [0.15, 0.2) is 0 Å². The molecule has 0 spiro atoms. The standard InChI is InChI=1S/C30H25AsSi/c1-32(2)29(23-16-8-4-9-17-23)28-30(32)27(22-14-6-3-7-15-22)25-20-12-13-21-26(25)31(28)24-18-10-5-11-19-24/h3-21H,1-2H3. The van der Waals surface area contributed by atoms with Crippen LogP contribution in [0.5, 0.6) is 0 Å². The molecule has 0 fully saturated rings. The maximum atomic E-state index is 2.56. The molecule has 0 saturated carbocycles. The number of allylic oxidation sites excluding steroid dienone is 2. The van der Waals surface area contributed by atoms with Crippen LogP contribution in [-0.4, -0.2) is 22.7 Å². The molecule has 0 radical (unpaired) electrons. The van der Waals surface area contributed by atoms with Crippen LogP contribution < -0.4 is 8.70 Å². The van der Waals surface area contributed by atoms with Gasteiger partial charge in [-0.2, -0.15) is 0 Å². The van der Waals surface area contributed by atoms with Gasteiger partial charge in [0.25, 0.3) is 0 Å². The summed E-state index contributed by atoms with van der Waals surface area (Å²) in [6.45, 7) is 5.12. The molecule has 4 aromatic rings. The van der Waals surface area contributed by atoms with Crippen LogP contribution in [0, 0.1) is 0 Å². The Morgan fingerprint density at radius 2 is 1.06 bits per heavy atom. The normalized spacial score (nSPS) is 18.6. The van der Waals surface area contributed by atoms with Gasteiger partial charge >= 0.3 is 197 Å². The minimum absolute atomic E-state index is 1.36. The first-order valence-electron chi connectivity index (χ1n) is 11.2. The number of hydrogen-bond donors (Lipinski definition) is 0. The third-order valence-electron chi connectivity index (χ3n) is 6.75. The minimum atomic E-state index is -1.78. The van der Waals surface area contributed by atoms with Crippen molar-refractivity contribution in [3.05, 3.63) is 142 Å². The quantitative estimate of drug-likeness (QED) is 0.315. The third-order valence-corrected chi connectivity index (χ3v) is 16.6. The molecule has 32 heavy (non-hydrogen) atoms. The van der Waals surface area contributed by atoms with Gasteiger partial charge in [-0.3, -0.25) is 0 Å². The van der Waals surface area contributed by atoms with E-state index in [9.17, 15) is 0 Å². The summed E-state index contributed by atoms with van der Waals surface area (Å²) < 4.78 is 4.80. The van der Waals surface area contributed by atoms with Gasteiger partial charge in [0.2, 0.25) is 0 Å². The topological polar surface area (TPSA) is 0 Å². The Morgan fingerprint density at radius 3 is 1.72 bits per heavy atom. The Labute approximate surface area is 196 Å². The van der Waals surface area contributed by atoms with Crippen molar-refractivity contribution >= 4 is 42.2 Å². The third kappa shape index (κ3) is 2.89. The Morgan fingerprint density at radius 1 is 0.531 bits per heavy atom. The molecule has 0 N–H and O–H groups in total. The van der Waals surface area contributed by atoms with E-state index in [0.29, 0.717) is 0 Å². The molecule has 2 aliphatic heterocycles. The Kier molecular flexibility index (Phi) is 4.71. The Balaban J connectivity index is 1.74. The van der Waals surface area contributed by atoms with Gasteiger partial charge in [0.05, 0.1) is 0 Å². The van der Waals surface area contributed by atoms with E-state index < -0.39 is 22.7 Å². The summed E-state index contributed by atoms with van der Waals surface area (Å²) in [4.78, 5) is 0. The molecule has 2 aliphatic rings. The number of benzene rings is 4. The van der Waals surface area contributed by atoms with Crippen molar-refractivity contribution in [2.45, 2.75) is 13.1 Å². The summed E-state index contributed by atoms with van der Waals surface area (Å²) in [6.07, 6.45) is 0. The molecular formula is C30H25AsSi. The fourth-order valence-electron chi connectivity index (χ4n) is 5.42. The molecule has 1 atom stereocenters. The van der Waals surface area contributed by atoms with Crippen molar-refractivity contribution in [1.82, 2.24) is 0 Å². The van der Waals surface area contributed by atoms with E-state index in [-0.39, 0.29) is 0 Å². The van der Waals surface area contributed by atoms with Crippen LogP contribution in [0.2, 0.25) is 13.1 Å². The van der Waals surface area contributed by atoms with Crippen LogP contribution >= 0.6 is 0 Å². The zero-order valence-electron chi connectivity index (χ0n) is 18.4. The summed E-state index contributed by atoms with van der Waals surface area (Å²) >= 11 is -1.65. The summed E-state index contributed by atoms with van der Waals surface area (Å²) in [5, 5.41) is 3.38. The van der Waals surface area contributed by atoms with E-state index in [2.05, 4.69) is 128 Å². The first-order valence-corrected chi connectivity index (χ1v) is 17.0. The predicted molar refractivity (Wildman–Crippen MR) is 141 cm³/mol. The molecule has 0 aliphatic carbocycles. The van der Waals surface area contributed by atoms with Crippen molar-refractivity contribution in [2.75, 3.05) is 0 Å². The van der Waals surface area contributed by atoms with Crippen molar-refractivity contribution in [3.63, 3.8) is 0 Å². The van der Waals surface area contributed by atoms with E-state index in [1.54, 1.807) is 19.1 Å². The molecule has 154 valence electrons. The van der Waals surface area contributed by atoms with Crippen molar-refractivity contribution in [3.8, 4) is 0 Å². The molecule has 2 heteroatoms. The average molecular weight is 489 g/mol. The molecule has 6 rings (SSSR count). The zero-order valence-corrected chi connectivity index (χ0v) is 21.3. The molecule has 0 saturated heterocycles. The maximum absolute atomic E-state index is 2.56. The first-order chi connectivity index (χ1) is 15.7. The molecule has 2 heterocycles. The van der Waals surface area contributed by atoms with Crippen molar-refractivity contribution in [2.24, 2.45) is 0 Å². The molecule has 0 amide bonds. The fraction of sp³-hybridized carbons (Fsp3) is 0.0667. The van der Waals surface area contributed by atoms with E-state index in [1.165, 1.54) is 26.6 Å². The summed E-state index contributed by atoms with van der Waals surface area (Å²) in [5.74, 6) is 0. The van der Waals surface area contributed by atoms with Crippen molar-refractivity contribution in [1.29, 1.82) is 0 Å². The fourth-order valence-corrected chi connectivity index (χ4v) is 18.8. The SMILES string of the molecule is C[Si]1(C)C2=C(c3ccccc3)c3ccccc3[As](c3ccccc3)C2=C1c1ccccc1. The second-order valence-corrected chi connectivity index (χ2v) is 17.7. The van der Waals surface area contributed by atoms with Gasteiger partial charge in [-0.05, 0) is 0 Å². The van der Waals surface area contributed by atoms with Crippen LogP contribution in [0.3, 0.4) is 0 Å². The van der Waals surface area contributed by atoms with Crippen LogP contribution in [0.25, 0.3) is 10.8 Å². The van der Waals surface area contributed by atoms with Gasteiger partial charge < -0.3 is 0 Å². The average Bonchev–Trinajstić information content (AvgIpc) is 2.84. The molecule has 0 aromatic heterocycles. The van der Waals surface area contributed by atoms with E-state index >= 15 is 0 Å². The van der Waals surface area contributed by atoms with Crippen molar-refractivity contribution < 1.29 is 0 Å². The first kappa shape index (κ1) is 19.8. The van der Waals surface area contributed by atoms with E-state index in [4.69, 9.17) is 0 Å². The number of hydrogen-bond acceptors (Lipinski definition) is 0. The molecule has 0 bridgehead atoms. The molecular weight excluding hydrogens is 463 g/mol. The van der Waals surface area contributed by atoms with Gasteiger partial charge in [-0.25, -0.2) is 0 Å². The monoisotopic (exact) mass is 488 g/mol. The van der Waals surface area contributed by atoms with Crippen LogP contribution in [0.15, 0.2) is 125 Å². The Hall–Kier alpha value is -2.86. The van der Waals surface area contributed by atoms with Crippen LogP contribution in [0.4, 0.5) is 0 Å². The van der Waals surface area contributed by atoms with E-state index in [1.807, 2.05) is 0 Å². The predicted octanol–water partition coefficient (Wildman–Crippen LogP) is 5.90. The number of fused-ring (bicyclic) bond motifs is 2. The molecule has 4 aromatic carbocycles. The molecule has 0 nitrogen and oxygen atoms in total. The molecule has 1 unspecified atom stereocenters. The summed E-state index contributed by atoms with van der Waals surface area (Å²) in [5.41, 5.74) is 5.76. The van der Waals surface area contributed by atoms with Crippen LogP contribution in [0.1, 0.15) is 16.7 Å². The second kappa shape index (κ2) is 7.62. The van der Waals surface area contributed by atoms with Gasteiger partial charge in [-0.1, -0.05) is 0 Å². The second-order valence-electron chi connectivity index (χ2n) is 9.02. The van der Waals surface area contributed by atoms with Gasteiger partial charge in [-0.15, -0.1) is 0 Å². The van der Waals surface area contributed by atoms with Gasteiger partial charge in [0, 0.05) is 0 Å². The van der Waals surface area contributed by atoms with Gasteiger partial charge in [0.1, 0.15) is 0 Å². The van der Waals surface area contributed by atoms with E-state index in [0.717, 1.165) is 0 Å². The summed E-state index contributed by atoms with van der Waals surface area (Å²) in [6, 6.07) is 42.8.